The fourth-order valence-corrected chi connectivity index (χ4v) is 3.65. The van der Waals surface area contributed by atoms with Gasteiger partial charge in [-0.1, -0.05) is 17.7 Å². The van der Waals surface area contributed by atoms with Crippen molar-refractivity contribution in [3.05, 3.63) is 53.5 Å². The number of amides is 1. The number of carbonyl (C=O) groups is 1. The Hall–Kier alpha value is -1.76. The van der Waals surface area contributed by atoms with Gasteiger partial charge in [0.05, 0.1) is 18.4 Å². The van der Waals surface area contributed by atoms with Crippen molar-refractivity contribution in [2.45, 2.75) is 43.1 Å². The van der Waals surface area contributed by atoms with Gasteiger partial charge >= 0.3 is 0 Å². The molecule has 1 amide bonds. The molecule has 26 heavy (non-hydrogen) atoms. The summed E-state index contributed by atoms with van der Waals surface area (Å²) in [5.41, 5.74) is 1.24. The normalized spacial score (nSPS) is 20.1. The van der Waals surface area contributed by atoms with E-state index in [9.17, 15) is 4.79 Å². The van der Waals surface area contributed by atoms with E-state index in [-0.39, 0.29) is 18.1 Å². The number of ether oxygens (including phenoxy) is 2. The van der Waals surface area contributed by atoms with Crippen LogP contribution < -0.4 is 5.32 Å². The van der Waals surface area contributed by atoms with Crippen molar-refractivity contribution >= 4 is 17.7 Å². The van der Waals surface area contributed by atoms with Crippen molar-refractivity contribution in [1.82, 2.24) is 5.32 Å². The Morgan fingerprint density at radius 3 is 2.85 bits per heavy atom. The highest BCUT2D eigenvalue weighted by Gasteiger charge is 2.28. The molecule has 0 bridgehead atoms. The van der Waals surface area contributed by atoms with Crippen LogP contribution in [0, 0.1) is 6.92 Å². The van der Waals surface area contributed by atoms with E-state index in [4.69, 9.17) is 13.9 Å². The zero-order chi connectivity index (χ0) is 18.4. The number of carbonyl (C=O) groups excluding carboxylic acids is 1. The van der Waals surface area contributed by atoms with Crippen LogP contribution in [0.1, 0.15) is 35.2 Å². The average Bonchev–Trinajstić information content (AvgIpc) is 3.12. The number of rotatable bonds is 7. The second-order valence-electron chi connectivity index (χ2n) is 6.31. The number of thioether (sulfide) groups is 1. The second kappa shape index (κ2) is 9.26. The summed E-state index contributed by atoms with van der Waals surface area (Å²) >= 11 is 1.69. The van der Waals surface area contributed by atoms with Crippen LogP contribution in [0.15, 0.2) is 45.7 Å². The van der Waals surface area contributed by atoms with Gasteiger partial charge < -0.3 is 19.2 Å². The topological polar surface area (TPSA) is 60.7 Å². The molecule has 2 atom stereocenters. The van der Waals surface area contributed by atoms with E-state index >= 15 is 0 Å². The molecule has 1 aromatic carbocycles. The largest absolute Gasteiger partial charge is 0.455 e. The highest BCUT2D eigenvalue weighted by Crippen LogP contribution is 2.24. The third-order valence-corrected chi connectivity index (χ3v) is 5.32. The fraction of sp³-hybridized carbons (Fsp3) is 0.450. The summed E-state index contributed by atoms with van der Waals surface area (Å²) in [4.78, 5) is 13.7. The summed E-state index contributed by atoms with van der Waals surface area (Å²) in [7, 11) is 0. The molecule has 2 aromatic rings. The standard InChI is InChI=1S/C20H25NO4S/c1-3-24-19-12-23-11-10-17(19)21-20(22)18-9-6-15(25-18)13-26-16-7-4-14(2)5-8-16/h4-9,17,19H,3,10-13H2,1-2H3,(H,21,22)/t17-,19-/m1/s1. The first-order chi connectivity index (χ1) is 12.7. The lowest BCUT2D eigenvalue weighted by Gasteiger charge is -2.31. The van der Waals surface area contributed by atoms with Gasteiger partial charge in [0.25, 0.3) is 5.91 Å². The fourth-order valence-electron chi connectivity index (χ4n) is 2.86. The Morgan fingerprint density at radius 2 is 2.08 bits per heavy atom. The SMILES string of the molecule is CCO[C@@H]1COCC[C@H]1NC(=O)c1ccc(CSc2ccc(C)cc2)o1. The molecule has 5 nitrogen and oxygen atoms in total. The van der Waals surface area contributed by atoms with Crippen molar-refractivity contribution in [2.24, 2.45) is 0 Å². The van der Waals surface area contributed by atoms with Gasteiger partial charge in [-0.15, -0.1) is 11.8 Å². The summed E-state index contributed by atoms with van der Waals surface area (Å²) in [6.45, 7) is 5.75. The molecule has 0 saturated carbocycles. The van der Waals surface area contributed by atoms with Gasteiger partial charge in [-0.2, -0.15) is 0 Å². The Kier molecular flexibility index (Phi) is 6.77. The van der Waals surface area contributed by atoms with Crippen molar-refractivity contribution < 1.29 is 18.7 Å². The van der Waals surface area contributed by atoms with Gasteiger partial charge in [0.2, 0.25) is 0 Å². The van der Waals surface area contributed by atoms with E-state index in [0.29, 0.717) is 31.3 Å². The molecule has 140 valence electrons. The van der Waals surface area contributed by atoms with Gasteiger partial charge in [-0.25, -0.2) is 0 Å². The zero-order valence-electron chi connectivity index (χ0n) is 15.2. The maximum atomic E-state index is 12.5. The number of hydrogen-bond donors (Lipinski definition) is 1. The van der Waals surface area contributed by atoms with Gasteiger partial charge in [0.1, 0.15) is 11.9 Å². The van der Waals surface area contributed by atoms with Gasteiger partial charge in [-0.3, -0.25) is 4.79 Å². The first-order valence-electron chi connectivity index (χ1n) is 8.94. The third-order valence-electron chi connectivity index (χ3n) is 4.29. The lowest BCUT2D eigenvalue weighted by Crippen LogP contribution is -2.49. The van der Waals surface area contributed by atoms with Crippen LogP contribution in [0.3, 0.4) is 0 Å². The van der Waals surface area contributed by atoms with Crippen LogP contribution >= 0.6 is 11.8 Å². The Bertz CT molecular complexity index is 711. The van der Waals surface area contributed by atoms with Crippen LogP contribution in [0.5, 0.6) is 0 Å². The van der Waals surface area contributed by atoms with E-state index in [1.165, 1.54) is 10.5 Å². The smallest absolute Gasteiger partial charge is 0.287 e. The van der Waals surface area contributed by atoms with Gasteiger partial charge in [0.15, 0.2) is 5.76 Å². The first kappa shape index (κ1) is 19.0. The molecular formula is C20H25NO4S. The second-order valence-corrected chi connectivity index (χ2v) is 7.35. The van der Waals surface area contributed by atoms with Gasteiger partial charge in [0, 0.05) is 18.1 Å². The molecule has 6 heteroatoms. The molecule has 2 heterocycles. The Labute approximate surface area is 158 Å². The van der Waals surface area contributed by atoms with Crippen LogP contribution in [-0.4, -0.2) is 37.9 Å². The van der Waals surface area contributed by atoms with E-state index in [0.717, 1.165) is 12.2 Å². The summed E-state index contributed by atoms with van der Waals surface area (Å²) in [6, 6.07) is 11.9. The highest BCUT2D eigenvalue weighted by molar-refractivity contribution is 7.98. The molecule has 0 unspecified atom stereocenters. The number of aryl methyl sites for hydroxylation is 1. The number of nitrogens with one attached hydrogen (secondary N) is 1. The van der Waals surface area contributed by atoms with Crippen molar-refractivity contribution in [3.63, 3.8) is 0 Å². The van der Waals surface area contributed by atoms with Crippen LogP contribution in [0.25, 0.3) is 0 Å². The molecular weight excluding hydrogens is 350 g/mol. The lowest BCUT2D eigenvalue weighted by molar-refractivity contribution is -0.0634. The molecule has 1 saturated heterocycles. The summed E-state index contributed by atoms with van der Waals surface area (Å²) in [6.07, 6.45) is 0.636. The Balaban J connectivity index is 1.54. The molecule has 3 rings (SSSR count). The quantitative estimate of drug-likeness (QED) is 0.746. The third kappa shape index (κ3) is 5.13. The predicted molar refractivity (Wildman–Crippen MR) is 102 cm³/mol. The maximum Gasteiger partial charge on any atom is 0.287 e. The van der Waals surface area contributed by atoms with E-state index in [1.807, 2.05) is 13.0 Å². The minimum Gasteiger partial charge on any atom is -0.455 e. The zero-order valence-corrected chi connectivity index (χ0v) is 16.0. The van der Waals surface area contributed by atoms with Gasteiger partial charge in [-0.05, 0) is 44.5 Å². The summed E-state index contributed by atoms with van der Waals surface area (Å²) in [5.74, 6) is 1.61. The minimum atomic E-state index is -0.201. The molecule has 1 aromatic heterocycles. The van der Waals surface area contributed by atoms with Crippen molar-refractivity contribution in [2.75, 3.05) is 19.8 Å². The molecule has 1 aliphatic rings. The summed E-state index contributed by atoms with van der Waals surface area (Å²) < 4.78 is 16.8. The highest BCUT2D eigenvalue weighted by atomic mass is 32.2. The molecule has 0 spiro atoms. The number of furan rings is 1. The predicted octanol–water partition coefficient (Wildman–Crippen LogP) is 3.80. The Morgan fingerprint density at radius 1 is 1.27 bits per heavy atom. The molecule has 0 radical (unpaired) electrons. The van der Waals surface area contributed by atoms with Crippen LogP contribution in [0.4, 0.5) is 0 Å². The van der Waals surface area contributed by atoms with Crippen molar-refractivity contribution in [1.29, 1.82) is 0 Å². The van der Waals surface area contributed by atoms with Crippen LogP contribution in [0.2, 0.25) is 0 Å². The minimum absolute atomic E-state index is 0.0494. The van der Waals surface area contributed by atoms with E-state index in [2.05, 4.69) is 36.5 Å². The summed E-state index contributed by atoms with van der Waals surface area (Å²) in [5, 5.41) is 3.02. The lowest BCUT2D eigenvalue weighted by atomic mass is 10.1. The van der Waals surface area contributed by atoms with Crippen molar-refractivity contribution in [3.8, 4) is 0 Å². The van der Waals surface area contributed by atoms with E-state index in [1.54, 1.807) is 17.8 Å². The average molecular weight is 375 g/mol. The first-order valence-corrected chi connectivity index (χ1v) is 9.92. The molecule has 0 aliphatic carbocycles. The number of benzene rings is 1. The van der Waals surface area contributed by atoms with E-state index < -0.39 is 0 Å². The molecule has 1 N–H and O–H groups in total. The monoisotopic (exact) mass is 375 g/mol. The number of hydrogen-bond acceptors (Lipinski definition) is 5. The maximum absolute atomic E-state index is 12.5. The molecule has 1 fully saturated rings. The van der Waals surface area contributed by atoms with Crippen LogP contribution in [-0.2, 0) is 15.2 Å². The molecule has 1 aliphatic heterocycles.